The molecular weight excluding hydrogens is 452 g/mol. The van der Waals surface area contributed by atoms with Gasteiger partial charge in [-0.3, -0.25) is 0 Å². The van der Waals surface area contributed by atoms with Gasteiger partial charge in [0.25, 0.3) is 8.32 Å². The van der Waals surface area contributed by atoms with E-state index >= 15 is 0 Å². The minimum Gasteiger partial charge on any atom is -0.406 e. The smallest absolute Gasteiger partial charge is 0.261 e. The lowest BCUT2D eigenvalue weighted by Crippen LogP contribution is -2.68. The zero-order chi connectivity index (χ0) is 21.2. The predicted molar refractivity (Wildman–Crippen MR) is 130 cm³/mol. The number of hydrogen-bond donors (Lipinski definition) is 0. The number of benzene rings is 3. The number of hydrogen-bond acceptors (Lipinski definition) is 2. The van der Waals surface area contributed by atoms with E-state index in [9.17, 15) is 0 Å². The highest BCUT2D eigenvalue weighted by Crippen LogP contribution is 2.40. The van der Waals surface area contributed by atoms with Crippen LogP contribution in [0.5, 0.6) is 0 Å². The maximum atomic E-state index is 7.21. The van der Waals surface area contributed by atoms with E-state index in [-0.39, 0.29) is 10.5 Å². The maximum absolute atomic E-state index is 7.21. The maximum Gasteiger partial charge on any atom is 0.261 e. The van der Waals surface area contributed by atoms with Crippen LogP contribution in [0.1, 0.15) is 26.3 Å². The molecule has 0 amide bonds. The molecule has 0 unspecified atom stereocenters. The van der Waals surface area contributed by atoms with Crippen LogP contribution in [0.4, 0.5) is 0 Å². The fourth-order valence-electron chi connectivity index (χ4n) is 4.49. The first kappa shape index (κ1) is 21.5. The molecule has 0 atom stereocenters. The average molecular weight is 482 g/mol. The molecule has 0 bridgehead atoms. The Balaban J connectivity index is 1.78. The van der Waals surface area contributed by atoms with Crippen LogP contribution in [-0.4, -0.2) is 28.1 Å². The van der Waals surface area contributed by atoms with E-state index in [2.05, 4.69) is 122 Å². The molecule has 1 aliphatic heterocycles. The molecule has 30 heavy (non-hydrogen) atoms. The first-order valence-electron chi connectivity index (χ1n) is 10.5. The second kappa shape index (κ2) is 8.43. The summed E-state index contributed by atoms with van der Waals surface area (Å²) in [5, 5.41) is 2.60. The predicted octanol–water partition coefficient (Wildman–Crippen LogP) is 5.29. The van der Waals surface area contributed by atoms with Gasteiger partial charge in [0, 0.05) is 11.1 Å². The molecule has 0 spiro atoms. The molecule has 0 radical (unpaired) electrons. The molecule has 0 aromatic heterocycles. The van der Waals surface area contributed by atoms with Crippen molar-refractivity contribution in [3.63, 3.8) is 0 Å². The van der Waals surface area contributed by atoms with Crippen LogP contribution in [0.2, 0.25) is 5.04 Å². The zero-order valence-corrected chi connectivity index (χ0v) is 20.5. The summed E-state index contributed by atoms with van der Waals surface area (Å²) in [7, 11) is -2.55. The van der Waals surface area contributed by atoms with Gasteiger partial charge in [-0.15, -0.1) is 0 Å². The average Bonchev–Trinajstić information content (AvgIpc) is 2.71. The van der Waals surface area contributed by atoms with Crippen molar-refractivity contribution in [2.24, 2.45) is 0 Å². The molecule has 1 fully saturated rings. The Kier molecular flexibility index (Phi) is 6.04. The van der Waals surface area contributed by atoms with Crippen molar-refractivity contribution < 1.29 is 9.16 Å². The van der Waals surface area contributed by atoms with E-state index in [1.54, 1.807) is 0 Å². The van der Waals surface area contributed by atoms with Gasteiger partial charge in [-0.2, -0.15) is 0 Å². The molecule has 3 aromatic carbocycles. The lowest BCUT2D eigenvalue weighted by molar-refractivity contribution is -0.0810. The van der Waals surface area contributed by atoms with E-state index in [0.29, 0.717) is 19.8 Å². The molecule has 4 heteroatoms. The SMILES string of the molecule is CC(C)(C)[Si](OCC1(c2ccc(Br)cc2)COC1)(c1ccccc1)c1ccccc1. The lowest BCUT2D eigenvalue weighted by Gasteiger charge is -2.48. The van der Waals surface area contributed by atoms with Crippen LogP contribution in [0.15, 0.2) is 89.4 Å². The van der Waals surface area contributed by atoms with E-state index < -0.39 is 8.32 Å². The third-order valence-electron chi connectivity index (χ3n) is 6.20. The van der Waals surface area contributed by atoms with E-state index in [4.69, 9.17) is 9.16 Å². The van der Waals surface area contributed by atoms with Gasteiger partial charge in [0.2, 0.25) is 0 Å². The van der Waals surface area contributed by atoms with Crippen LogP contribution in [-0.2, 0) is 14.6 Å². The summed E-state index contributed by atoms with van der Waals surface area (Å²) in [5.74, 6) is 0. The van der Waals surface area contributed by atoms with Crippen molar-refractivity contribution >= 4 is 34.6 Å². The third-order valence-corrected chi connectivity index (χ3v) is 11.7. The van der Waals surface area contributed by atoms with E-state index in [0.717, 1.165) is 4.47 Å². The van der Waals surface area contributed by atoms with Crippen LogP contribution in [0, 0.1) is 0 Å². The van der Waals surface area contributed by atoms with Crippen molar-refractivity contribution in [2.75, 3.05) is 19.8 Å². The zero-order valence-electron chi connectivity index (χ0n) is 17.9. The normalized spacial score (nSPS) is 16.1. The molecule has 0 aliphatic carbocycles. The summed E-state index contributed by atoms with van der Waals surface area (Å²) in [5.41, 5.74) is 1.20. The molecule has 3 aromatic rings. The minimum atomic E-state index is -2.55. The fraction of sp³-hybridized carbons (Fsp3) is 0.308. The molecule has 2 nitrogen and oxygen atoms in total. The molecule has 1 aliphatic rings. The molecule has 1 heterocycles. The summed E-state index contributed by atoms with van der Waals surface area (Å²) < 4.78 is 14.0. The summed E-state index contributed by atoms with van der Waals surface area (Å²) in [4.78, 5) is 0. The Bertz CT molecular complexity index is 922. The molecule has 1 saturated heterocycles. The van der Waals surface area contributed by atoms with E-state index in [1.165, 1.54) is 15.9 Å². The Morgan fingerprint density at radius 2 is 1.33 bits per heavy atom. The summed E-state index contributed by atoms with van der Waals surface area (Å²) in [6, 6.07) is 30.3. The quantitative estimate of drug-likeness (QED) is 0.446. The largest absolute Gasteiger partial charge is 0.406 e. The Hall–Kier alpha value is -1.72. The third kappa shape index (κ3) is 3.82. The molecule has 156 valence electrons. The van der Waals surface area contributed by atoms with Gasteiger partial charge in [0.05, 0.1) is 18.6 Å². The van der Waals surface area contributed by atoms with Gasteiger partial charge in [0.15, 0.2) is 0 Å². The standard InChI is InChI=1S/C26H29BrO2Si/c1-25(2,3)30(23-10-6-4-7-11-23,24-12-8-5-9-13-24)29-20-26(18-28-19-26)21-14-16-22(27)17-15-21/h4-17H,18-20H2,1-3H3. The fourth-order valence-corrected chi connectivity index (χ4v) is 9.41. The lowest BCUT2D eigenvalue weighted by atomic mass is 9.79. The number of rotatable bonds is 6. The highest BCUT2D eigenvalue weighted by atomic mass is 79.9. The van der Waals surface area contributed by atoms with Gasteiger partial charge in [-0.1, -0.05) is 109 Å². The monoisotopic (exact) mass is 480 g/mol. The van der Waals surface area contributed by atoms with Crippen LogP contribution in [0.25, 0.3) is 0 Å². The van der Waals surface area contributed by atoms with Crippen molar-refractivity contribution in [2.45, 2.75) is 31.2 Å². The first-order valence-corrected chi connectivity index (χ1v) is 13.2. The second-order valence-electron chi connectivity index (χ2n) is 9.23. The van der Waals surface area contributed by atoms with Crippen LogP contribution in [0.3, 0.4) is 0 Å². The van der Waals surface area contributed by atoms with Crippen molar-refractivity contribution in [3.05, 3.63) is 95.0 Å². The van der Waals surface area contributed by atoms with Crippen LogP contribution < -0.4 is 10.4 Å². The Labute approximate surface area is 189 Å². The summed E-state index contributed by atoms with van der Waals surface area (Å²) in [6.07, 6.45) is 0. The molecule has 4 rings (SSSR count). The highest BCUT2D eigenvalue weighted by Gasteiger charge is 2.52. The van der Waals surface area contributed by atoms with Gasteiger partial charge < -0.3 is 9.16 Å². The minimum absolute atomic E-state index is 0.0266. The van der Waals surface area contributed by atoms with Gasteiger partial charge in [0.1, 0.15) is 0 Å². The van der Waals surface area contributed by atoms with Gasteiger partial charge in [-0.25, -0.2) is 0 Å². The van der Waals surface area contributed by atoms with Gasteiger partial charge >= 0.3 is 0 Å². The Morgan fingerprint density at radius 1 is 0.833 bits per heavy atom. The number of ether oxygens (including phenoxy) is 1. The first-order chi connectivity index (χ1) is 14.4. The highest BCUT2D eigenvalue weighted by molar-refractivity contribution is 9.10. The molecular formula is C26H29BrO2Si. The second-order valence-corrected chi connectivity index (χ2v) is 14.5. The van der Waals surface area contributed by atoms with E-state index in [1.807, 2.05) is 0 Å². The van der Waals surface area contributed by atoms with Crippen LogP contribution >= 0.6 is 15.9 Å². The van der Waals surface area contributed by atoms with Gasteiger partial charge in [-0.05, 0) is 33.1 Å². The molecule has 0 saturated carbocycles. The Morgan fingerprint density at radius 3 is 1.73 bits per heavy atom. The number of halogens is 1. The van der Waals surface area contributed by atoms with Crippen molar-refractivity contribution in [1.29, 1.82) is 0 Å². The topological polar surface area (TPSA) is 18.5 Å². The van der Waals surface area contributed by atoms with Crippen molar-refractivity contribution in [1.82, 2.24) is 0 Å². The summed E-state index contributed by atoms with van der Waals surface area (Å²) >= 11 is 3.55. The molecule has 0 N–H and O–H groups in total. The summed E-state index contributed by atoms with van der Waals surface area (Å²) in [6.45, 7) is 9.02. The van der Waals surface area contributed by atoms with Crippen molar-refractivity contribution in [3.8, 4) is 0 Å².